The van der Waals surface area contributed by atoms with Crippen molar-refractivity contribution < 1.29 is 14.7 Å². The maximum absolute atomic E-state index is 14.2. The van der Waals surface area contributed by atoms with Crippen molar-refractivity contribution in [3.63, 3.8) is 0 Å². The van der Waals surface area contributed by atoms with Crippen LogP contribution in [-0.4, -0.2) is 52.4 Å². The molecule has 0 spiro atoms. The van der Waals surface area contributed by atoms with Crippen molar-refractivity contribution in [2.45, 2.75) is 110 Å². The van der Waals surface area contributed by atoms with E-state index in [1.165, 1.54) is 43.2 Å². The number of aliphatic hydroxyl groups is 1. The summed E-state index contributed by atoms with van der Waals surface area (Å²) in [5.41, 5.74) is 5.09. The lowest BCUT2D eigenvalue weighted by atomic mass is 9.75. The van der Waals surface area contributed by atoms with Crippen LogP contribution in [-0.2, 0) is 29.9 Å². The van der Waals surface area contributed by atoms with E-state index in [0.717, 1.165) is 61.4 Å². The molecule has 222 valence electrons. The Labute approximate surface area is 245 Å². The molecule has 41 heavy (non-hydrogen) atoms. The zero-order valence-corrected chi connectivity index (χ0v) is 25.4. The average molecular weight is 561 g/mol. The van der Waals surface area contributed by atoms with E-state index in [-0.39, 0.29) is 17.1 Å². The van der Waals surface area contributed by atoms with Gasteiger partial charge in [0.15, 0.2) is 11.5 Å². The van der Waals surface area contributed by atoms with Gasteiger partial charge in [-0.15, -0.1) is 0 Å². The van der Waals surface area contributed by atoms with E-state index in [1.807, 2.05) is 11.8 Å². The minimum Gasteiger partial charge on any atom is -0.370 e. The number of nitrogens with one attached hydrogen (secondary N) is 2. The predicted octanol–water partition coefficient (Wildman–Crippen LogP) is 5.37. The van der Waals surface area contributed by atoms with E-state index in [1.54, 1.807) is 6.92 Å². The second-order valence-electron chi connectivity index (χ2n) is 14.2. The number of aromatic amines is 1. The molecule has 1 aromatic carbocycles. The van der Waals surface area contributed by atoms with Gasteiger partial charge in [0.1, 0.15) is 0 Å². The second kappa shape index (κ2) is 11.0. The molecule has 2 aromatic rings. The number of benzene rings is 1. The van der Waals surface area contributed by atoms with E-state index in [0.29, 0.717) is 31.0 Å². The first-order valence-electron chi connectivity index (χ1n) is 15.9. The first-order valence-corrected chi connectivity index (χ1v) is 15.9. The van der Waals surface area contributed by atoms with E-state index in [4.69, 9.17) is 0 Å². The maximum Gasteiger partial charge on any atom is 0.244 e. The molecule has 0 radical (unpaired) electrons. The molecule has 1 aromatic heterocycles. The van der Waals surface area contributed by atoms with Crippen LogP contribution in [0.5, 0.6) is 0 Å². The number of hydrogen-bond donors (Lipinski definition) is 3. The molecule has 7 nitrogen and oxygen atoms in total. The molecular weight excluding hydrogens is 512 g/mol. The highest BCUT2D eigenvalue weighted by atomic mass is 16.3. The van der Waals surface area contributed by atoms with Crippen molar-refractivity contribution in [3.8, 4) is 0 Å². The monoisotopic (exact) mass is 560 g/mol. The van der Waals surface area contributed by atoms with Gasteiger partial charge in [-0.3, -0.25) is 19.8 Å². The maximum atomic E-state index is 14.2. The van der Waals surface area contributed by atoms with Gasteiger partial charge in [0, 0.05) is 36.5 Å². The van der Waals surface area contributed by atoms with Gasteiger partial charge in [0.25, 0.3) is 0 Å². The average Bonchev–Trinajstić information content (AvgIpc) is 3.54. The lowest BCUT2D eigenvalue weighted by Gasteiger charge is -2.33. The number of nitrogens with zero attached hydrogens (tertiary/aromatic N) is 2. The fraction of sp³-hybridized carbons (Fsp3) is 0.647. The molecule has 3 heterocycles. The van der Waals surface area contributed by atoms with Crippen molar-refractivity contribution in [3.05, 3.63) is 51.8 Å². The second-order valence-corrected chi connectivity index (χ2v) is 14.2. The Morgan fingerprint density at radius 1 is 1.17 bits per heavy atom. The number of Topliss-reactive ketones (excluding diaryl/α,β-unsaturated/α-hetero) is 1. The minimum atomic E-state index is -1.48. The quantitative estimate of drug-likeness (QED) is 0.359. The Morgan fingerprint density at radius 3 is 2.66 bits per heavy atom. The molecule has 6 rings (SSSR count). The fourth-order valence-corrected chi connectivity index (χ4v) is 7.63. The van der Waals surface area contributed by atoms with E-state index < -0.39 is 11.8 Å². The van der Waals surface area contributed by atoms with Gasteiger partial charge in [-0.1, -0.05) is 45.2 Å². The molecule has 2 atom stereocenters. The molecule has 7 heteroatoms. The largest absolute Gasteiger partial charge is 0.370 e. The van der Waals surface area contributed by atoms with E-state index in [9.17, 15) is 14.7 Å². The Bertz CT molecular complexity index is 1320. The van der Waals surface area contributed by atoms with Gasteiger partial charge in [0.05, 0.1) is 11.7 Å². The lowest BCUT2D eigenvalue weighted by molar-refractivity contribution is -0.123. The van der Waals surface area contributed by atoms with Crippen LogP contribution in [0, 0.1) is 18.3 Å². The summed E-state index contributed by atoms with van der Waals surface area (Å²) in [7, 11) is 0. The SMILES string of the molecule is Cc1c(C(C)(O)NC(CCC2CC2)C(=O)N2CCc3c(CN4CCCCC4)cccc32)[nH]c2c1C(=O)CC(C)(C)C2. The van der Waals surface area contributed by atoms with Crippen molar-refractivity contribution in [1.29, 1.82) is 0 Å². The molecule has 4 aliphatic rings. The Kier molecular flexibility index (Phi) is 7.66. The van der Waals surface area contributed by atoms with Gasteiger partial charge >= 0.3 is 0 Å². The Hall–Kier alpha value is -2.48. The summed E-state index contributed by atoms with van der Waals surface area (Å²) in [6.07, 6.45) is 10.1. The number of H-pyrrole nitrogens is 1. The number of likely N-dealkylation sites (tertiary alicyclic amines) is 1. The van der Waals surface area contributed by atoms with Crippen LogP contribution in [0.3, 0.4) is 0 Å². The zero-order valence-electron chi connectivity index (χ0n) is 25.4. The van der Waals surface area contributed by atoms with Crippen LogP contribution in [0.15, 0.2) is 18.2 Å². The van der Waals surface area contributed by atoms with E-state index in [2.05, 4.69) is 47.2 Å². The normalized spacial score (nSPS) is 22.8. The predicted molar refractivity (Wildman–Crippen MR) is 162 cm³/mol. The molecule has 2 fully saturated rings. The molecule has 3 N–H and O–H groups in total. The summed E-state index contributed by atoms with van der Waals surface area (Å²) in [5, 5.41) is 15.2. The van der Waals surface area contributed by atoms with Gasteiger partial charge < -0.3 is 15.0 Å². The van der Waals surface area contributed by atoms with Crippen LogP contribution in [0.25, 0.3) is 0 Å². The van der Waals surface area contributed by atoms with Crippen LogP contribution in [0.4, 0.5) is 5.69 Å². The fourth-order valence-electron chi connectivity index (χ4n) is 7.63. The van der Waals surface area contributed by atoms with Crippen molar-refractivity contribution in [2.24, 2.45) is 11.3 Å². The summed E-state index contributed by atoms with van der Waals surface area (Å²) in [5.74, 6) is 0.840. The van der Waals surface area contributed by atoms with Crippen molar-refractivity contribution in [2.75, 3.05) is 24.5 Å². The summed E-state index contributed by atoms with van der Waals surface area (Å²) in [6, 6.07) is 5.90. The highest BCUT2D eigenvalue weighted by Gasteiger charge is 2.41. The number of hydrogen-bond acceptors (Lipinski definition) is 5. The summed E-state index contributed by atoms with van der Waals surface area (Å²) in [4.78, 5) is 35.2. The van der Waals surface area contributed by atoms with Gasteiger partial charge in [-0.2, -0.15) is 0 Å². The lowest BCUT2D eigenvalue weighted by Crippen LogP contribution is -2.54. The minimum absolute atomic E-state index is 0.0333. The molecule has 1 saturated carbocycles. The smallest absolute Gasteiger partial charge is 0.244 e. The summed E-state index contributed by atoms with van der Waals surface area (Å²) >= 11 is 0. The number of aromatic nitrogens is 1. The Balaban J connectivity index is 1.24. The Morgan fingerprint density at radius 2 is 1.93 bits per heavy atom. The summed E-state index contributed by atoms with van der Waals surface area (Å²) in [6.45, 7) is 11.8. The number of amides is 1. The number of rotatable bonds is 9. The number of fused-ring (bicyclic) bond motifs is 2. The van der Waals surface area contributed by atoms with Crippen LogP contribution in [0.1, 0.15) is 111 Å². The standard InChI is InChI=1S/C34H48N4O3/c1-22-30-27(19-33(2,3)20-29(30)39)35-31(22)34(4,41)36-26(14-13-23-11-12-23)32(40)38-18-15-25-24(9-8-10-28(25)38)21-37-16-6-5-7-17-37/h8-10,23,26,35-36,41H,5-7,11-21H2,1-4H3. The molecule has 2 aliphatic carbocycles. The highest BCUT2D eigenvalue weighted by molar-refractivity contribution is 6.01. The molecule has 1 saturated heterocycles. The van der Waals surface area contributed by atoms with Crippen LogP contribution < -0.4 is 10.2 Å². The number of anilines is 1. The van der Waals surface area contributed by atoms with Crippen LogP contribution in [0.2, 0.25) is 0 Å². The van der Waals surface area contributed by atoms with E-state index >= 15 is 0 Å². The number of piperidine rings is 1. The molecule has 1 amide bonds. The van der Waals surface area contributed by atoms with Gasteiger partial charge in [-0.25, -0.2) is 0 Å². The van der Waals surface area contributed by atoms with Gasteiger partial charge in [-0.05, 0) is 99.6 Å². The molecular formula is C34H48N4O3. The molecule has 0 bridgehead atoms. The number of carbonyl (C=O) groups excluding carboxylic acids is 2. The third-order valence-electron chi connectivity index (χ3n) is 9.93. The summed E-state index contributed by atoms with van der Waals surface area (Å²) < 4.78 is 0. The molecule has 2 unspecified atom stereocenters. The van der Waals surface area contributed by atoms with Crippen LogP contribution >= 0.6 is 0 Å². The third kappa shape index (κ3) is 5.91. The first kappa shape index (κ1) is 28.6. The van der Waals surface area contributed by atoms with Crippen molar-refractivity contribution >= 4 is 17.4 Å². The highest BCUT2D eigenvalue weighted by Crippen LogP contribution is 2.40. The molecule has 2 aliphatic heterocycles. The topological polar surface area (TPSA) is 88.7 Å². The van der Waals surface area contributed by atoms with Crippen molar-refractivity contribution in [1.82, 2.24) is 15.2 Å². The first-order chi connectivity index (χ1) is 19.5. The zero-order chi connectivity index (χ0) is 28.9. The number of ketones is 1. The number of carbonyl (C=O) groups is 2. The van der Waals surface area contributed by atoms with Gasteiger partial charge in [0.2, 0.25) is 5.91 Å². The third-order valence-corrected chi connectivity index (χ3v) is 9.93.